The lowest BCUT2D eigenvalue weighted by Crippen LogP contribution is -2.39. The van der Waals surface area contributed by atoms with Crippen LogP contribution in [-0.2, 0) is 16.0 Å². The van der Waals surface area contributed by atoms with Gasteiger partial charge >= 0.3 is 0 Å². The average molecular weight is 415 g/mol. The van der Waals surface area contributed by atoms with Crippen LogP contribution in [0.1, 0.15) is 30.2 Å². The van der Waals surface area contributed by atoms with E-state index in [4.69, 9.17) is 11.6 Å². The Hall–Kier alpha value is -2.11. The summed E-state index contributed by atoms with van der Waals surface area (Å²) in [6.45, 7) is 4.28. The third-order valence-corrected chi connectivity index (χ3v) is 6.69. The molecule has 0 radical (unpaired) electrons. The molecule has 146 valence electrons. The fraction of sp³-hybridized carbons (Fsp3) is 0.364. The molecular weight excluding hydrogens is 392 g/mol. The van der Waals surface area contributed by atoms with Crippen LogP contribution in [0.2, 0.25) is 5.02 Å². The zero-order valence-corrected chi connectivity index (χ0v) is 17.4. The Morgan fingerprint density at radius 3 is 2.43 bits per heavy atom. The number of benzene rings is 1. The van der Waals surface area contributed by atoms with Gasteiger partial charge in [0, 0.05) is 29.5 Å². The summed E-state index contributed by atoms with van der Waals surface area (Å²) in [4.78, 5) is 30.9. The summed E-state index contributed by atoms with van der Waals surface area (Å²) in [6, 6.07) is 11.4. The molecule has 4 rings (SSSR count). The Labute approximate surface area is 174 Å². The normalized spacial score (nSPS) is 18.5. The van der Waals surface area contributed by atoms with Gasteiger partial charge in [0.05, 0.1) is 5.57 Å². The molecule has 0 bridgehead atoms. The maximum Gasteiger partial charge on any atom is 0.277 e. The Balaban J connectivity index is 1.59. The zero-order chi connectivity index (χ0) is 19.7. The van der Waals surface area contributed by atoms with E-state index in [9.17, 15) is 9.59 Å². The SMILES string of the molecule is CC1CCN(C2=C(c3cccs3)C(=O)N(CCc3ccc(Cl)cc3)C2=O)CC1. The van der Waals surface area contributed by atoms with Crippen LogP contribution in [0.4, 0.5) is 0 Å². The summed E-state index contributed by atoms with van der Waals surface area (Å²) in [5.41, 5.74) is 2.23. The fourth-order valence-corrected chi connectivity index (χ4v) is 4.72. The van der Waals surface area contributed by atoms with Gasteiger partial charge in [-0.15, -0.1) is 11.3 Å². The number of piperidine rings is 1. The van der Waals surface area contributed by atoms with Crippen LogP contribution in [0.25, 0.3) is 5.57 Å². The van der Waals surface area contributed by atoms with Crippen molar-refractivity contribution in [3.63, 3.8) is 0 Å². The second-order valence-corrected chi connectivity index (χ2v) is 8.89. The average Bonchev–Trinajstić information content (AvgIpc) is 3.29. The Morgan fingerprint density at radius 2 is 1.79 bits per heavy atom. The molecule has 1 aromatic carbocycles. The lowest BCUT2D eigenvalue weighted by molar-refractivity contribution is -0.137. The molecule has 2 aliphatic rings. The minimum absolute atomic E-state index is 0.156. The van der Waals surface area contributed by atoms with E-state index in [2.05, 4.69) is 11.8 Å². The number of rotatable bonds is 5. The van der Waals surface area contributed by atoms with E-state index in [1.54, 1.807) is 0 Å². The van der Waals surface area contributed by atoms with Gasteiger partial charge in [0.15, 0.2) is 0 Å². The highest BCUT2D eigenvalue weighted by molar-refractivity contribution is 7.11. The molecule has 0 unspecified atom stereocenters. The molecule has 2 amide bonds. The van der Waals surface area contributed by atoms with Crippen LogP contribution < -0.4 is 0 Å². The largest absolute Gasteiger partial charge is 0.366 e. The first kappa shape index (κ1) is 19.2. The van der Waals surface area contributed by atoms with Crippen LogP contribution in [0, 0.1) is 5.92 Å². The molecule has 0 spiro atoms. The molecular formula is C22H23ClN2O2S. The molecule has 2 aliphatic heterocycles. The molecule has 0 aliphatic carbocycles. The second-order valence-electron chi connectivity index (χ2n) is 7.51. The van der Waals surface area contributed by atoms with Gasteiger partial charge in [-0.2, -0.15) is 0 Å². The third-order valence-electron chi connectivity index (χ3n) is 5.55. The van der Waals surface area contributed by atoms with E-state index < -0.39 is 0 Å². The maximum atomic E-state index is 13.3. The molecule has 1 aromatic heterocycles. The smallest absolute Gasteiger partial charge is 0.277 e. The topological polar surface area (TPSA) is 40.6 Å². The summed E-state index contributed by atoms with van der Waals surface area (Å²) in [6.07, 6.45) is 2.72. The molecule has 0 saturated carbocycles. The van der Waals surface area contributed by atoms with Crippen LogP contribution in [0.3, 0.4) is 0 Å². The van der Waals surface area contributed by atoms with Gasteiger partial charge in [0.2, 0.25) is 0 Å². The zero-order valence-electron chi connectivity index (χ0n) is 15.9. The molecule has 0 N–H and O–H groups in total. The molecule has 0 atom stereocenters. The molecule has 28 heavy (non-hydrogen) atoms. The molecule has 1 fully saturated rings. The predicted molar refractivity (Wildman–Crippen MR) is 113 cm³/mol. The van der Waals surface area contributed by atoms with Gasteiger partial charge in [-0.1, -0.05) is 36.7 Å². The highest BCUT2D eigenvalue weighted by Crippen LogP contribution is 2.35. The van der Waals surface area contributed by atoms with Gasteiger partial charge in [-0.25, -0.2) is 0 Å². The molecule has 4 nitrogen and oxygen atoms in total. The van der Waals surface area contributed by atoms with Gasteiger partial charge in [0.1, 0.15) is 5.70 Å². The van der Waals surface area contributed by atoms with E-state index in [1.165, 1.54) is 16.2 Å². The van der Waals surface area contributed by atoms with Crippen molar-refractivity contribution in [3.05, 3.63) is 62.9 Å². The quantitative estimate of drug-likeness (QED) is 0.678. The summed E-state index contributed by atoms with van der Waals surface area (Å²) < 4.78 is 0. The number of carbonyl (C=O) groups excluding carboxylic acids is 2. The number of hydrogen-bond donors (Lipinski definition) is 0. The summed E-state index contributed by atoms with van der Waals surface area (Å²) in [5, 5.41) is 2.63. The first-order chi connectivity index (χ1) is 13.5. The third kappa shape index (κ3) is 3.74. The predicted octanol–water partition coefficient (Wildman–Crippen LogP) is 4.46. The van der Waals surface area contributed by atoms with Crippen molar-refractivity contribution in [1.29, 1.82) is 0 Å². The maximum absolute atomic E-state index is 13.3. The summed E-state index contributed by atoms with van der Waals surface area (Å²) in [5.74, 6) is 0.335. The molecule has 3 heterocycles. The van der Waals surface area contributed by atoms with Gasteiger partial charge in [0.25, 0.3) is 11.8 Å². The van der Waals surface area contributed by atoms with Crippen LogP contribution in [-0.4, -0.2) is 41.2 Å². The van der Waals surface area contributed by atoms with Crippen LogP contribution in [0.5, 0.6) is 0 Å². The van der Waals surface area contributed by atoms with Crippen molar-refractivity contribution < 1.29 is 9.59 Å². The number of carbonyl (C=O) groups is 2. The van der Waals surface area contributed by atoms with E-state index in [1.807, 2.05) is 41.8 Å². The van der Waals surface area contributed by atoms with E-state index in [0.29, 0.717) is 35.2 Å². The standard InChI is InChI=1S/C22H23ClN2O2S/c1-15-8-11-24(12-9-15)20-19(18-3-2-14-28-18)21(26)25(22(20)27)13-10-16-4-6-17(23)7-5-16/h2-7,14-15H,8-13H2,1H3. The molecule has 2 aromatic rings. The highest BCUT2D eigenvalue weighted by Gasteiger charge is 2.42. The Bertz CT molecular complexity index is 897. The monoisotopic (exact) mass is 414 g/mol. The number of halogens is 1. The number of imide groups is 1. The van der Waals surface area contributed by atoms with Gasteiger partial charge < -0.3 is 4.90 Å². The minimum atomic E-state index is -0.171. The molecule has 1 saturated heterocycles. The second kappa shape index (κ2) is 8.10. The fourth-order valence-electron chi connectivity index (χ4n) is 3.83. The Kier molecular flexibility index (Phi) is 5.56. The number of likely N-dealkylation sites (tertiary alicyclic amines) is 1. The van der Waals surface area contributed by atoms with E-state index in [0.717, 1.165) is 36.4 Å². The van der Waals surface area contributed by atoms with Crippen LogP contribution >= 0.6 is 22.9 Å². The van der Waals surface area contributed by atoms with Crippen molar-refractivity contribution in [2.75, 3.05) is 19.6 Å². The lowest BCUT2D eigenvalue weighted by Gasteiger charge is -2.32. The van der Waals surface area contributed by atoms with E-state index in [-0.39, 0.29) is 11.8 Å². The van der Waals surface area contributed by atoms with Gasteiger partial charge in [-0.05, 0) is 54.3 Å². The van der Waals surface area contributed by atoms with Crippen LogP contribution in [0.15, 0.2) is 47.5 Å². The summed E-state index contributed by atoms with van der Waals surface area (Å²) >= 11 is 7.46. The van der Waals surface area contributed by atoms with Crippen molar-refractivity contribution in [2.45, 2.75) is 26.2 Å². The highest BCUT2D eigenvalue weighted by atomic mass is 35.5. The van der Waals surface area contributed by atoms with Crippen molar-refractivity contribution >= 4 is 40.3 Å². The first-order valence-electron chi connectivity index (χ1n) is 9.68. The van der Waals surface area contributed by atoms with Crippen molar-refractivity contribution in [3.8, 4) is 0 Å². The van der Waals surface area contributed by atoms with Gasteiger partial charge in [-0.3, -0.25) is 14.5 Å². The number of thiophene rings is 1. The van der Waals surface area contributed by atoms with Crippen molar-refractivity contribution in [1.82, 2.24) is 9.80 Å². The number of amides is 2. The summed E-state index contributed by atoms with van der Waals surface area (Å²) in [7, 11) is 0. The Morgan fingerprint density at radius 1 is 1.07 bits per heavy atom. The molecule has 6 heteroatoms. The first-order valence-corrected chi connectivity index (χ1v) is 10.9. The number of hydrogen-bond acceptors (Lipinski definition) is 4. The lowest BCUT2D eigenvalue weighted by atomic mass is 9.98. The number of nitrogens with zero attached hydrogens (tertiary/aromatic N) is 2. The van der Waals surface area contributed by atoms with E-state index >= 15 is 0 Å². The van der Waals surface area contributed by atoms with Crippen molar-refractivity contribution in [2.24, 2.45) is 5.92 Å². The minimum Gasteiger partial charge on any atom is -0.366 e.